The Bertz CT molecular complexity index is 768. The number of urea groups is 1. The van der Waals surface area contributed by atoms with Gasteiger partial charge in [-0.1, -0.05) is 52.0 Å². The number of hydrogen-bond acceptors (Lipinski definition) is 3. The zero-order chi connectivity index (χ0) is 19.8. The molecule has 6 heteroatoms. The number of amides is 4. The molecule has 0 saturated carbocycles. The van der Waals surface area contributed by atoms with E-state index in [1.165, 1.54) is 5.56 Å². The number of carbonyl (C=O) groups excluding carboxylic acids is 3. The lowest BCUT2D eigenvalue weighted by molar-refractivity contribution is -0.135. The molecular weight excluding hydrogens is 342 g/mol. The zero-order valence-electron chi connectivity index (χ0n) is 16.6. The molecule has 3 rings (SSSR count). The molecule has 2 N–H and O–H groups in total. The molecule has 1 aromatic rings. The first-order valence-corrected chi connectivity index (χ1v) is 9.77. The molecule has 1 saturated heterocycles. The van der Waals surface area contributed by atoms with Gasteiger partial charge in [0.15, 0.2) is 0 Å². The van der Waals surface area contributed by atoms with Gasteiger partial charge in [0.2, 0.25) is 5.91 Å². The first-order chi connectivity index (χ1) is 12.7. The molecule has 1 aliphatic carbocycles. The van der Waals surface area contributed by atoms with Gasteiger partial charge in [0.1, 0.15) is 12.1 Å². The van der Waals surface area contributed by atoms with E-state index in [4.69, 9.17) is 0 Å². The van der Waals surface area contributed by atoms with Crippen LogP contribution < -0.4 is 10.6 Å². The van der Waals surface area contributed by atoms with Crippen molar-refractivity contribution in [1.82, 2.24) is 15.5 Å². The van der Waals surface area contributed by atoms with Gasteiger partial charge in [-0.05, 0) is 42.2 Å². The lowest BCUT2D eigenvalue weighted by Gasteiger charge is -2.37. The fourth-order valence-corrected chi connectivity index (χ4v) is 4.30. The molecular formula is C21H29N3O3. The van der Waals surface area contributed by atoms with Gasteiger partial charge in [-0.15, -0.1) is 0 Å². The van der Waals surface area contributed by atoms with Crippen molar-refractivity contribution in [2.24, 2.45) is 0 Å². The van der Waals surface area contributed by atoms with Crippen LogP contribution in [0.3, 0.4) is 0 Å². The predicted octanol–water partition coefficient (Wildman–Crippen LogP) is 3.03. The molecule has 0 spiro atoms. The highest BCUT2D eigenvalue weighted by atomic mass is 16.2. The summed E-state index contributed by atoms with van der Waals surface area (Å²) in [7, 11) is 0. The van der Waals surface area contributed by atoms with Gasteiger partial charge in [0.05, 0.1) is 6.04 Å². The molecule has 0 radical (unpaired) electrons. The van der Waals surface area contributed by atoms with Crippen molar-refractivity contribution >= 4 is 17.8 Å². The van der Waals surface area contributed by atoms with Crippen molar-refractivity contribution in [2.45, 2.75) is 70.4 Å². The second kappa shape index (κ2) is 6.98. The fraction of sp³-hybridized carbons (Fsp3) is 0.571. The van der Waals surface area contributed by atoms with Crippen LogP contribution in [0.2, 0.25) is 0 Å². The topological polar surface area (TPSA) is 78.5 Å². The Kier molecular flexibility index (Phi) is 5.02. The van der Waals surface area contributed by atoms with E-state index in [0.29, 0.717) is 12.8 Å². The van der Waals surface area contributed by atoms with Crippen molar-refractivity contribution < 1.29 is 14.4 Å². The zero-order valence-corrected chi connectivity index (χ0v) is 16.6. The van der Waals surface area contributed by atoms with Crippen LogP contribution >= 0.6 is 0 Å². The van der Waals surface area contributed by atoms with Gasteiger partial charge >= 0.3 is 6.03 Å². The summed E-state index contributed by atoms with van der Waals surface area (Å²) >= 11 is 0. The summed E-state index contributed by atoms with van der Waals surface area (Å²) in [5.41, 5.74) is 1.56. The number of imide groups is 1. The number of nitrogens with zero attached hydrogens (tertiary/aromatic N) is 1. The van der Waals surface area contributed by atoms with Gasteiger partial charge < -0.3 is 10.6 Å². The maximum atomic E-state index is 12.7. The summed E-state index contributed by atoms with van der Waals surface area (Å²) < 4.78 is 0. The molecule has 0 bridgehead atoms. The van der Waals surface area contributed by atoms with E-state index < -0.39 is 11.6 Å². The molecule has 1 atom stereocenters. The largest absolute Gasteiger partial charge is 0.348 e. The predicted molar refractivity (Wildman–Crippen MR) is 103 cm³/mol. The molecule has 146 valence electrons. The van der Waals surface area contributed by atoms with Gasteiger partial charge in [0.25, 0.3) is 5.91 Å². The van der Waals surface area contributed by atoms with E-state index in [1.807, 2.05) is 32.0 Å². The summed E-state index contributed by atoms with van der Waals surface area (Å²) in [6.45, 7) is 7.92. The molecule has 0 aromatic heterocycles. The lowest BCUT2D eigenvalue weighted by Crippen LogP contribution is -2.47. The third kappa shape index (κ3) is 3.33. The highest BCUT2D eigenvalue weighted by Gasteiger charge is 2.49. The third-order valence-corrected chi connectivity index (χ3v) is 6.21. The molecule has 1 unspecified atom stereocenters. The number of nitrogens with one attached hydrogen (secondary N) is 2. The van der Waals surface area contributed by atoms with Crippen LogP contribution in [-0.4, -0.2) is 34.8 Å². The van der Waals surface area contributed by atoms with Crippen molar-refractivity contribution in [3.05, 3.63) is 35.4 Å². The Hall–Kier alpha value is -2.37. The van der Waals surface area contributed by atoms with E-state index in [9.17, 15) is 14.4 Å². The first-order valence-electron chi connectivity index (χ1n) is 9.77. The quantitative estimate of drug-likeness (QED) is 0.781. The number of benzene rings is 1. The molecule has 1 aromatic carbocycles. The summed E-state index contributed by atoms with van der Waals surface area (Å²) in [5, 5.41) is 5.79. The summed E-state index contributed by atoms with van der Waals surface area (Å²) in [4.78, 5) is 38.6. The van der Waals surface area contributed by atoms with Gasteiger partial charge in [-0.2, -0.15) is 0 Å². The highest BCUT2D eigenvalue weighted by Crippen LogP contribution is 2.41. The van der Waals surface area contributed by atoms with E-state index in [0.717, 1.165) is 23.3 Å². The molecule has 1 heterocycles. The van der Waals surface area contributed by atoms with Gasteiger partial charge in [0, 0.05) is 0 Å². The van der Waals surface area contributed by atoms with E-state index in [2.05, 4.69) is 30.5 Å². The number of rotatable bonds is 5. The SMILES string of the molecule is CCC1(CC)NC(=O)N(CC(=O)NC2CCC(C)(C)c3ccccc32)C1=O. The molecule has 1 aliphatic heterocycles. The van der Waals surface area contributed by atoms with Crippen LogP contribution in [0.15, 0.2) is 24.3 Å². The molecule has 6 nitrogen and oxygen atoms in total. The van der Waals surface area contributed by atoms with Crippen LogP contribution in [0.25, 0.3) is 0 Å². The minimum Gasteiger partial charge on any atom is -0.348 e. The van der Waals surface area contributed by atoms with Crippen molar-refractivity contribution in [2.75, 3.05) is 6.54 Å². The Morgan fingerprint density at radius 1 is 1.22 bits per heavy atom. The normalized spacial score (nSPS) is 23.0. The van der Waals surface area contributed by atoms with Crippen molar-refractivity contribution in [1.29, 1.82) is 0 Å². The van der Waals surface area contributed by atoms with Crippen molar-refractivity contribution in [3.8, 4) is 0 Å². The number of hydrogen-bond donors (Lipinski definition) is 2. The van der Waals surface area contributed by atoms with Crippen LogP contribution in [-0.2, 0) is 15.0 Å². The minimum atomic E-state index is -0.876. The van der Waals surface area contributed by atoms with Crippen LogP contribution in [0, 0.1) is 0 Å². The molecule has 2 aliphatic rings. The smallest absolute Gasteiger partial charge is 0.325 e. The van der Waals surface area contributed by atoms with Crippen LogP contribution in [0.5, 0.6) is 0 Å². The second-order valence-electron chi connectivity index (χ2n) is 8.24. The summed E-state index contributed by atoms with van der Waals surface area (Å²) in [6, 6.07) is 7.59. The Labute approximate surface area is 160 Å². The van der Waals surface area contributed by atoms with Crippen molar-refractivity contribution in [3.63, 3.8) is 0 Å². The fourth-order valence-electron chi connectivity index (χ4n) is 4.30. The average molecular weight is 371 g/mol. The third-order valence-electron chi connectivity index (χ3n) is 6.21. The first kappa shape index (κ1) is 19.4. The average Bonchev–Trinajstić information content (AvgIpc) is 2.89. The molecule has 1 fully saturated rings. The van der Waals surface area contributed by atoms with E-state index in [-0.39, 0.29) is 29.8 Å². The minimum absolute atomic E-state index is 0.0739. The standard InChI is InChI=1S/C21H29N3O3/c1-5-21(6-2)18(26)24(19(27)23-21)13-17(25)22-16-11-12-20(3,4)15-10-8-7-9-14(15)16/h7-10,16H,5-6,11-13H2,1-4H3,(H,22,25)(H,23,27). The van der Waals surface area contributed by atoms with Gasteiger partial charge in [-0.3, -0.25) is 14.5 Å². The highest BCUT2D eigenvalue weighted by molar-refractivity contribution is 6.09. The Balaban J connectivity index is 1.72. The summed E-state index contributed by atoms with van der Waals surface area (Å²) in [5.74, 6) is -0.612. The number of fused-ring (bicyclic) bond motifs is 1. The van der Waals surface area contributed by atoms with Crippen LogP contribution in [0.4, 0.5) is 4.79 Å². The summed E-state index contributed by atoms with van der Waals surface area (Å²) in [6.07, 6.45) is 2.82. The maximum absolute atomic E-state index is 12.7. The Morgan fingerprint density at radius 3 is 2.52 bits per heavy atom. The maximum Gasteiger partial charge on any atom is 0.325 e. The molecule has 27 heavy (non-hydrogen) atoms. The molecule has 4 amide bonds. The van der Waals surface area contributed by atoms with Crippen LogP contribution in [0.1, 0.15) is 70.5 Å². The van der Waals surface area contributed by atoms with E-state index in [1.54, 1.807) is 0 Å². The monoisotopic (exact) mass is 371 g/mol. The second-order valence-corrected chi connectivity index (χ2v) is 8.24. The lowest BCUT2D eigenvalue weighted by atomic mass is 9.71. The van der Waals surface area contributed by atoms with E-state index >= 15 is 0 Å². The Morgan fingerprint density at radius 2 is 1.89 bits per heavy atom. The number of carbonyl (C=O) groups is 3. The van der Waals surface area contributed by atoms with Gasteiger partial charge in [-0.25, -0.2) is 4.79 Å².